The van der Waals surface area contributed by atoms with Crippen LogP contribution in [0.15, 0.2) is 24.3 Å². The van der Waals surface area contributed by atoms with Crippen LogP contribution in [0.5, 0.6) is 0 Å². The van der Waals surface area contributed by atoms with Gasteiger partial charge in [0.15, 0.2) is 0 Å². The molecule has 0 radical (unpaired) electrons. The molecule has 1 aromatic carbocycles. The van der Waals surface area contributed by atoms with E-state index in [0.29, 0.717) is 5.88 Å². The summed E-state index contributed by atoms with van der Waals surface area (Å²) >= 11 is 5.58. The van der Waals surface area contributed by atoms with Crippen molar-refractivity contribution in [3.8, 4) is 0 Å². The monoisotopic (exact) mass is 211 g/mol. The van der Waals surface area contributed by atoms with Gasteiger partial charge in [0.1, 0.15) is 0 Å². The molecule has 0 aromatic heterocycles. The molecule has 1 N–H and O–H groups in total. The standard InChI is InChI=1S/C11H14ClNO/c1-8-4-3-5-10(6-8)13-11(14)9(2)7-12/h3-6,9H,7H2,1-2H3,(H,13,14). The normalized spacial score (nSPS) is 12.2. The number of anilines is 1. The van der Waals surface area contributed by atoms with Gasteiger partial charge in [0.25, 0.3) is 0 Å². The Morgan fingerprint density at radius 1 is 1.57 bits per heavy atom. The Hall–Kier alpha value is -1.02. The Balaban J connectivity index is 2.65. The minimum Gasteiger partial charge on any atom is -0.326 e. The number of hydrogen-bond donors (Lipinski definition) is 1. The molecular weight excluding hydrogens is 198 g/mol. The van der Waals surface area contributed by atoms with Gasteiger partial charge >= 0.3 is 0 Å². The molecule has 76 valence electrons. The molecule has 0 saturated heterocycles. The summed E-state index contributed by atoms with van der Waals surface area (Å²) < 4.78 is 0. The van der Waals surface area contributed by atoms with Gasteiger partial charge in [0.05, 0.1) is 0 Å². The number of amides is 1. The number of carbonyl (C=O) groups is 1. The van der Waals surface area contributed by atoms with E-state index in [9.17, 15) is 4.79 Å². The summed E-state index contributed by atoms with van der Waals surface area (Å²) in [5.41, 5.74) is 1.95. The lowest BCUT2D eigenvalue weighted by Gasteiger charge is -2.09. The summed E-state index contributed by atoms with van der Waals surface area (Å²) in [4.78, 5) is 11.5. The molecule has 1 aromatic rings. The van der Waals surface area contributed by atoms with E-state index < -0.39 is 0 Å². The van der Waals surface area contributed by atoms with Gasteiger partial charge in [-0.3, -0.25) is 4.79 Å². The maximum atomic E-state index is 11.5. The van der Waals surface area contributed by atoms with Crippen LogP contribution in [-0.2, 0) is 4.79 Å². The lowest BCUT2D eigenvalue weighted by atomic mass is 10.2. The SMILES string of the molecule is Cc1cccc(NC(=O)C(C)CCl)c1. The van der Waals surface area contributed by atoms with Crippen molar-refractivity contribution >= 4 is 23.2 Å². The van der Waals surface area contributed by atoms with Crippen molar-refractivity contribution in [2.75, 3.05) is 11.2 Å². The van der Waals surface area contributed by atoms with E-state index in [1.54, 1.807) is 6.92 Å². The number of alkyl halides is 1. The van der Waals surface area contributed by atoms with Gasteiger partial charge in [-0.15, -0.1) is 11.6 Å². The zero-order valence-corrected chi connectivity index (χ0v) is 9.14. The first kappa shape index (κ1) is 11.1. The number of nitrogens with one attached hydrogen (secondary N) is 1. The van der Waals surface area contributed by atoms with Gasteiger partial charge in [0, 0.05) is 17.5 Å². The van der Waals surface area contributed by atoms with Crippen molar-refractivity contribution in [2.45, 2.75) is 13.8 Å². The maximum absolute atomic E-state index is 11.5. The largest absolute Gasteiger partial charge is 0.326 e. The molecule has 1 rings (SSSR count). The fourth-order valence-electron chi connectivity index (χ4n) is 1.06. The van der Waals surface area contributed by atoms with Crippen molar-refractivity contribution in [2.24, 2.45) is 5.92 Å². The van der Waals surface area contributed by atoms with Crippen LogP contribution in [0.4, 0.5) is 5.69 Å². The summed E-state index contributed by atoms with van der Waals surface area (Å²) in [6, 6.07) is 7.70. The highest BCUT2D eigenvalue weighted by Gasteiger charge is 2.10. The molecule has 2 nitrogen and oxygen atoms in total. The first-order valence-electron chi connectivity index (χ1n) is 4.57. The third-order valence-corrected chi connectivity index (χ3v) is 2.43. The second-order valence-electron chi connectivity index (χ2n) is 3.41. The molecule has 3 heteroatoms. The van der Waals surface area contributed by atoms with Crippen molar-refractivity contribution in [1.29, 1.82) is 0 Å². The predicted octanol–water partition coefficient (Wildman–Crippen LogP) is 2.81. The summed E-state index contributed by atoms with van der Waals surface area (Å²) in [5, 5.41) is 2.81. The number of benzene rings is 1. The Kier molecular flexibility index (Phi) is 3.96. The molecule has 0 aliphatic rings. The van der Waals surface area contributed by atoms with E-state index >= 15 is 0 Å². The molecule has 14 heavy (non-hydrogen) atoms. The minimum absolute atomic E-state index is 0.0365. The molecule has 0 heterocycles. The summed E-state index contributed by atoms with van der Waals surface area (Å²) in [5.74, 6) is 0.153. The van der Waals surface area contributed by atoms with Crippen LogP contribution in [-0.4, -0.2) is 11.8 Å². The van der Waals surface area contributed by atoms with E-state index in [1.807, 2.05) is 31.2 Å². The fourth-order valence-corrected chi connectivity index (χ4v) is 1.20. The van der Waals surface area contributed by atoms with Crippen LogP contribution in [0.3, 0.4) is 0 Å². The van der Waals surface area contributed by atoms with Crippen molar-refractivity contribution in [1.82, 2.24) is 0 Å². The third-order valence-electron chi connectivity index (χ3n) is 1.96. The van der Waals surface area contributed by atoms with E-state index in [2.05, 4.69) is 5.32 Å². The van der Waals surface area contributed by atoms with Crippen LogP contribution < -0.4 is 5.32 Å². The minimum atomic E-state index is -0.155. The zero-order chi connectivity index (χ0) is 10.6. The van der Waals surface area contributed by atoms with Crippen LogP contribution >= 0.6 is 11.6 Å². The average molecular weight is 212 g/mol. The van der Waals surface area contributed by atoms with Crippen LogP contribution in [0.2, 0.25) is 0 Å². The second-order valence-corrected chi connectivity index (χ2v) is 3.72. The molecule has 1 atom stereocenters. The smallest absolute Gasteiger partial charge is 0.228 e. The van der Waals surface area contributed by atoms with Gasteiger partial charge in [0.2, 0.25) is 5.91 Å². The topological polar surface area (TPSA) is 29.1 Å². The third kappa shape index (κ3) is 3.04. The summed E-state index contributed by atoms with van der Waals surface area (Å²) in [6.45, 7) is 3.79. The zero-order valence-electron chi connectivity index (χ0n) is 8.38. The quantitative estimate of drug-likeness (QED) is 0.766. The first-order valence-corrected chi connectivity index (χ1v) is 5.10. The molecule has 0 aliphatic carbocycles. The van der Waals surface area contributed by atoms with E-state index in [4.69, 9.17) is 11.6 Å². The van der Waals surface area contributed by atoms with Gasteiger partial charge in [-0.1, -0.05) is 19.1 Å². The highest BCUT2D eigenvalue weighted by molar-refractivity contribution is 6.19. The van der Waals surface area contributed by atoms with Crippen molar-refractivity contribution in [3.63, 3.8) is 0 Å². The van der Waals surface area contributed by atoms with Gasteiger partial charge in [-0.2, -0.15) is 0 Å². The van der Waals surface area contributed by atoms with Crippen LogP contribution in [0.1, 0.15) is 12.5 Å². The maximum Gasteiger partial charge on any atom is 0.228 e. The highest BCUT2D eigenvalue weighted by Crippen LogP contribution is 2.11. The molecule has 0 saturated carbocycles. The average Bonchev–Trinajstić information content (AvgIpc) is 2.16. The molecule has 0 fully saturated rings. The number of halogens is 1. The Morgan fingerprint density at radius 2 is 2.29 bits per heavy atom. The Labute approximate surface area is 89.3 Å². The number of rotatable bonds is 3. The second kappa shape index (κ2) is 5.01. The lowest BCUT2D eigenvalue weighted by molar-refractivity contribution is -0.118. The van der Waals surface area contributed by atoms with Crippen LogP contribution in [0.25, 0.3) is 0 Å². The van der Waals surface area contributed by atoms with Crippen LogP contribution in [0, 0.1) is 12.8 Å². The lowest BCUT2D eigenvalue weighted by Crippen LogP contribution is -2.21. The predicted molar refractivity (Wildman–Crippen MR) is 59.7 cm³/mol. The molecule has 0 aliphatic heterocycles. The van der Waals surface area contributed by atoms with Gasteiger partial charge in [-0.25, -0.2) is 0 Å². The number of carbonyl (C=O) groups excluding carboxylic acids is 1. The van der Waals surface area contributed by atoms with E-state index in [-0.39, 0.29) is 11.8 Å². The Bertz CT molecular complexity index is 325. The molecule has 1 unspecified atom stereocenters. The van der Waals surface area contributed by atoms with Gasteiger partial charge < -0.3 is 5.32 Å². The fraction of sp³-hybridized carbons (Fsp3) is 0.364. The van der Waals surface area contributed by atoms with Crippen molar-refractivity contribution in [3.05, 3.63) is 29.8 Å². The molecule has 0 bridgehead atoms. The van der Waals surface area contributed by atoms with E-state index in [0.717, 1.165) is 11.3 Å². The van der Waals surface area contributed by atoms with Gasteiger partial charge in [-0.05, 0) is 24.6 Å². The summed E-state index contributed by atoms with van der Waals surface area (Å²) in [7, 11) is 0. The van der Waals surface area contributed by atoms with Crippen molar-refractivity contribution < 1.29 is 4.79 Å². The highest BCUT2D eigenvalue weighted by atomic mass is 35.5. The molecule has 1 amide bonds. The Morgan fingerprint density at radius 3 is 2.86 bits per heavy atom. The van der Waals surface area contributed by atoms with E-state index in [1.165, 1.54) is 0 Å². The summed E-state index contributed by atoms with van der Waals surface area (Å²) in [6.07, 6.45) is 0. The number of aryl methyl sites for hydroxylation is 1. The molecular formula is C11H14ClNO. The molecule has 0 spiro atoms. The number of hydrogen-bond acceptors (Lipinski definition) is 1. The first-order chi connectivity index (χ1) is 6.63.